The molecule has 1 atom stereocenters. The van der Waals surface area contributed by atoms with Crippen LogP contribution >= 0.6 is 11.8 Å². The van der Waals surface area contributed by atoms with E-state index in [4.69, 9.17) is 0 Å². The van der Waals surface area contributed by atoms with Crippen molar-refractivity contribution < 1.29 is 4.79 Å². The van der Waals surface area contributed by atoms with Gasteiger partial charge in [-0.15, -0.1) is 0 Å². The van der Waals surface area contributed by atoms with Gasteiger partial charge in [-0.05, 0) is 33.4 Å². The molecule has 0 aromatic carbocycles. The number of carbonyl (C=O) groups is 1. The summed E-state index contributed by atoms with van der Waals surface area (Å²) >= 11 is 1.50. The van der Waals surface area contributed by atoms with Crippen LogP contribution in [-0.4, -0.2) is 28.2 Å². The van der Waals surface area contributed by atoms with Crippen LogP contribution in [0.1, 0.15) is 39.7 Å². The molecule has 0 unspecified atom stereocenters. The summed E-state index contributed by atoms with van der Waals surface area (Å²) in [5, 5.41) is 0.715. The Labute approximate surface area is 112 Å². The molecule has 0 saturated carbocycles. The second-order valence-electron chi connectivity index (χ2n) is 5.15. The van der Waals surface area contributed by atoms with Crippen molar-refractivity contribution in [1.29, 1.82) is 0 Å². The molecule has 0 aliphatic carbocycles. The van der Waals surface area contributed by atoms with Crippen LogP contribution in [0.15, 0.2) is 11.4 Å². The maximum Gasteiger partial charge on any atom is 0.238 e. The highest BCUT2D eigenvalue weighted by Gasteiger charge is 2.46. The van der Waals surface area contributed by atoms with Crippen LogP contribution in [0.3, 0.4) is 0 Å². The number of hydrogen-bond donors (Lipinski definition) is 0. The molecule has 98 valence electrons. The molecule has 2 heterocycles. The van der Waals surface area contributed by atoms with Crippen molar-refractivity contribution in [2.45, 2.75) is 50.7 Å². The van der Waals surface area contributed by atoms with Crippen LogP contribution < -0.4 is 4.90 Å². The fourth-order valence-electron chi connectivity index (χ4n) is 2.18. The highest BCUT2D eigenvalue weighted by atomic mass is 32.2. The number of amides is 1. The number of thioether (sulfide) groups is 1. The summed E-state index contributed by atoms with van der Waals surface area (Å²) in [6, 6.07) is 0.169. The summed E-state index contributed by atoms with van der Waals surface area (Å²) < 4.78 is 0. The molecule has 0 radical (unpaired) electrons. The average molecular weight is 265 g/mol. The van der Waals surface area contributed by atoms with Crippen molar-refractivity contribution in [3.8, 4) is 0 Å². The van der Waals surface area contributed by atoms with Crippen LogP contribution in [0.5, 0.6) is 0 Å². The summed E-state index contributed by atoms with van der Waals surface area (Å²) in [6.45, 7) is 8.03. The Morgan fingerprint density at radius 1 is 1.50 bits per heavy atom. The Hall–Kier alpha value is -1.10. The molecule has 4 nitrogen and oxygen atoms in total. The third-order valence-electron chi connectivity index (χ3n) is 3.62. The number of anilines is 1. The predicted molar refractivity (Wildman–Crippen MR) is 74.1 cm³/mol. The van der Waals surface area contributed by atoms with Crippen molar-refractivity contribution in [2.75, 3.05) is 11.2 Å². The summed E-state index contributed by atoms with van der Waals surface area (Å²) in [5.74, 6) is 0.915. The van der Waals surface area contributed by atoms with Crippen LogP contribution in [0, 0.1) is 0 Å². The molecule has 2 rings (SSSR count). The fraction of sp³-hybridized carbons (Fsp3) is 0.615. The van der Waals surface area contributed by atoms with Crippen LogP contribution in [0.25, 0.3) is 0 Å². The minimum absolute atomic E-state index is 0.124. The van der Waals surface area contributed by atoms with Gasteiger partial charge in [0.05, 0.1) is 5.41 Å². The van der Waals surface area contributed by atoms with Gasteiger partial charge in [-0.25, -0.2) is 9.97 Å². The quantitative estimate of drug-likeness (QED) is 0.622. The highest BCUT2D eigenvalue weighted by molar-refractivity contribution is 7.98. The molecule has 0 bridgehead atoms. The fourth-order valence-corrected chi connectivity index (χ4v) is 2.52. The van der Waals surface area contributed by atoms with Gasteiger partial charge in [0.25, 0.3) is 0 Å². The molecule has 1 amide bonds. The van der Waals surface area contributed by atoms with Gasteiger partial charge < -0.3 is 0 Å². The molecule has 1 aliphatic heterocycles. The molecular formula is C13H19N3OS. The Morgan fingerprint density at radius 2 is 2.17 bits per heavy atom. The molecule has 18 heavy (non-hydrogen) atoms. The Kier molecular flexibility index (Phi) is 3.36. The maximum atomic E-state index is 12.5. The molecule has 0 spiro atoms. The first-order valence-electron chi connectivity index (χ1n) is 6.18. The number of fused-ring (bicyclic) bond motifs is 1. The van der Waals surface area contributed by atoms with Crippen LogP contribution in [0.4, 0.5) is 5.82 Å². The number of hydrogen-bond acceptors (Lipinski definition) is 4. The van der Waals surface area contributed by atoms with Gasteiger partial charge in [0.15, 0.2) is 5.16 Å². The topological polar surface area (TPSA) is 46.1 Å². The summed E-state index contributed by atoms with van der Waals surface area (Å²) in [5.41, 5.74) is 0.418. The summed E-state index contributed by atoms with van der Waals surface area (Å²) in [6.07, 6.45) is 4.66. The predicted octanol–water partition coefficient (Wildman–Crippen LogP) is 2.62. The zero-order valence-corrected chi connectivity index (χ0v) is 12.3. The van der Waals surface area contributed by atoms with Crippen molar-refractivity contribution in [2.24, 2.45) is 0 Å². The van der Waals surface area contributed by atoms with Crippen molar-refractivity contribution in [3.63, 3.8) is 0 Å². The van der Waals surface area contributed by atoms with Crippen molar-refractivity contribution >= 4 is 23.5 Å². The van der Waals surface area contributed by atoms with Crippen LogP contribution in [0.2, 0.25) is 0 Å². The highest BCUT2D eigenvalue weighted by Crippen LogP contribution is 2.41. The van der Waals surface area contributed by atoms with Gasteiger partial charge in [0.1, 0.15) is 5.82 Å². The maximum absolute atomic E-state index is 12.5. The second kappa shape index (κ2) is 4.53. The van der Waals surface area contributed by atoms with Gasteiger partial charge in [0, 0.05) is 17.8 Å². The van der Waals surface area contributed by atoms with E-state index < -0.39 is 5.41 Å². The normalized spacial score (nSPS) is 18.9. The Bertz CT molecular complexity index is 487. The van der Waals surface area contributed by atoms with Gasteiger partial charge in [-0.3, -0.25) is 9.69 Å². The number of rotatable bonds is 3. The Balaban J connectivity index is 2.58. The van der Waals surface area contributed by atoms with E-state index in [1.54, 1.807) is 6.20 Å². The zero-order chi connectivity index (χ0) is 13.5. The molecule has 0 N–H and O–H groups in total. The minimum Gasteiger partial charge on any atom is -0.293 e. The van der Waals surface area contributed by atoms with Crippen LogP contribution in [-0.2, 0) is 10.2 Å². The third-order valence-corrected chi connectivity index (χ3v) is 4.18. The first-order chi connectivity index (χ1) is 8.43. The van der Waals surface area contributed by atoms with Gasteiger partial charge in [0.2, 0.25) is 5.91 Å². The van der Waals surface area contributed by atoms with E-state index in [1.807, 2.05) is 25.0 Å². The smallest absolute Gasteiger partial charge is 0.238 e. The zero-order valence-electron chi connectivity index (χ0n) is 11.5. The lowest BCUT2D eigenvalue weighted by molar-refractivity contribution is -0.122. The lowest BCUT2D eigenvalue weighted by Gasteiger charge is -2.25. The first kappa shape index (κ1) is 13.3. The van der Waals surface area contributed by atoms with E-state index in [2.05, 4.69) is 23.8 Å². The number of nitrogens with zero attached hydrogens (tertiary/aromatic N) is 3. The van der Waals surface area contributed by atoms with Gasteiger partial charge in [-0.2, -0.15) is 0 Å². The van der Waals surface area contributed by atoms with E-state index in [0.29, 0.717) is 5.16 Å². The standard InChI is InChI=1S/C13H19N3OS/c1-6-8(2)16-10-9(13(3,4)11(16)17)7-14-12(15-10)18-5/h7-8H,6H2,1-5H3/t8-/m0/s1. The van der Waals surface area contributed by atoms with E-state index in [-0.39, 0.29) is 11.9 Å². The third kappa shape index (κ3) is 1.81. The molecule has 1 aromatic rings. The lowest BCUT2D eigenvalue weighted by Crippen LogP contribution is -2.41. The van der Waals surface area contributed by atoms with Crippen molar-refractivity contribution in [3.05, 3.63) is 11.8 Å². The number of aromatic nitrogens is 2. The molecule has 0 saturated heterocycles. The lowest BCUT2D eigenvalue weighted by atomic mass is 9.88. The molecule has 5 heteroatoms. The Morgan fingerprint density at radius 3 is 2.72 bits per heavy atom. The van der Waals surface area contributed by atoms with E-state index >= 15 is 0 Å². The summed E-state index contributed by atoms with van der Waals surface area (Å²) in [7, 11) is 0. The average Bonchev–Trinajstić information content (AvgIpc) is 2.56. The van der Waals surface area contributed by atoms with Crippen molar-refractivity contribution in [1.82, 2.24) is 9.97 Å². The SMILES string of the molecule is CC[C@H](C)N1C(=O)C(C)(C)c2cnc(SC)nc21. The van der Waals surface area contributed by atoms with E-state index in [1.165, 1.54) is 11.8 Å². The minimum atomic E-state index is -0.518. The van der Waals surface area contributed by atoms with E-state index in [0.717, 1.165) is 17.8 Å². The summed E-state index contributed by atoms with van der Waals surface area (Å²) in [4.78, 5) is 23.2. The first-order valence-corrected chi connectivity index (χ1v) is 7.41. The van der Waals surface area contributed by atoms with Gasteiger partial charge >= 0.3 is 0 Å². The van der Waals surface area contributed by atoms with Gasteiger partial charge in [-0.1, -0.05) is 18.7 Å². The monoisotopic (exact) mass is 265 g/mol. The molecule has 1 aromatic heterocycles. The largest absolute Gasteiger partial charge is 0.293 e. The number of carbonyl (C=O) groups excluding carboxylic acids is 1. The molecule has 1 aliphatic rings. The molecule has 0 fully saturated rings. The second-order valence-corrected chi connectivity index (χ2v) is 5.92. The van der Waals surface area contributed by atoms with E-state index in [9.17, 15) is 4.79 Å². The molecular weight excluding hydrogens is 246 g/mol.